The van der Waals surface area contributed by atoms with E-state index < -0.39 is 11.5 Å². The SMILES string of the molecule is CCCc1c(OC)ccc2cc(C(=O)Nc3ccccc3OC)c(=O)oc12. The van der Waals surface area contributed by atoms with Crippen molar-refractivity contribution in [1.29, 1.82) is 0 Å². The molecular weight excluding hydrogens is 346 g/mol. The number of ether oxygens (including phenoxy) is 2. The number of methoxy groups -OCH3 is 2. The number of para-hydroxylation sites is 2. The van der Waals surface area contributed by atoms with E-state index in [1.165, 1.54) is 7.11 Å². The number of hydrogen-bond acceptors (Lipinski definition) is 5. The molecule has 0 atom stereocenters. The number of nitrogens with one attached hydrogen (secondary N) is 1. The second kappa shape index (κ2) is 7.95. The fourth-order valence-corrected chi connectivity index (χ4v) is 3.00. The highest BCUT2D eigenvalue weighted by molar-refractivity contribution is 6.06. The lowest BCUT2D eigenvalue weighted by Crippen LogP contribution is -2.21. The monoisotopic (exact) mass is 367 g/mol. The molecule has 140 valence electrons. The van der Waals surface area contributed by atoms with Crippen LogP contribution in [0.1, 0.15) is 29.3 Å². The topological polar surface area (TPSA) is 77.8 Å². The van der Waals surface area contributed by atoms with Crippen LogP contribution in [0.2, 0.25) is 0 Å². The lowest BCUT2D eigenvalue weighted by molar-refractivity contribution is 0.102. The third-order valence-corrected chi connectivity index (χ3v) is 4.28. The van der Waals surface area contributed by atoms with Gasteiger partial charge in [-0.05, 0) is 36.8 Å². The highest BCUT2D eigenvalue weighted by Gasteiger charge is 2.18. The molecule has 3 aromatic rings. The molecule has 3 rings (SSSR count). The van der Waals surface area contributed by atoms with E-state index in [1.54, 1.807) is 43.5 Å². The van der Waals surface area contributed by atoms with E-state index in [1.807, 2.05) is 13.0 Å². The van der Waals surface area contributed by atoms with Crippen LogP contribution < -0.4 is 20.4 Å². The van der Waals surface area contributed by atoms with Crippen molar-refractivity contribution < 1.29 is 18.7 Å². The second-order valence-corrected chi connectivity index (χ2v) is 6.02. The number of rotatable bonds is 6. The lowest BCUT2D eigenvalue weighted by Gasteiger charge is -2.12. The zero-order valence-electron chi connectivity index (χ0n) is 15.5. The maximum Gasteiger partial charge on any atom is 0.349 e. The predicted octanol–water partition coefficient (Wildman–Crippen LogP) is 4.02. The second-order valence-electron chi connectivity index (χ2n) is 6.02. The molecule has 1 amide bonds. The van der Waals surface area contributed by atoms with Crippen molar-refractivity contribution >= 4 is 22.6 Å². The molecule has 0 spiro atoms. The van der Waals surface area contributed by atoms with Crippen LogP contribution in [-0.4, -0.2) is 20.1 Å². The molecule has 0 aliphatic heterocycles. The first kappa shape index (κ1) is 18.5. The summed E-state index contributed by atoms with van der Waals surface area (Å²) in [6.45, 7) is 2.03. The van der Waals surface area contributed by atoms with Crippen LogP contribution in [0.15, 0.2) is 51.7 Å². The fourth-order valence-electron chi connectivity index (χ4n) is 3.00. The summed E-state index contributed by atoms with van der Waals surface area (Å²) in [5.41, 5.74) is 0.994. The summed E-state index contributed by atoms with van der Waals surface area (Å²) in [4.78, 5) is 25.1. The van der Waals surface area contributed by atoms with Crippen LogP contribution in [0.3, 0.4) is 0 Å². The quantitative estimate of drug-likeness (QED) is 0.666. The van der Waals surface area contributed by atoms with Gasteiger partial charge in [-0.2, -0.15) is 0 Å². The van der Waals surface area contributed by atoms with Gasteiger partial charge in [0.25, 0.3) is 5.91 Å². The number of fused-ring (bicyclic) bond motifs is 1. The standard InChI is InChI=1S/C21H21NO5/c1-4-7-14-17(25-2)11-10-13-12-15(21(24)27-19(13)14)20(23)22-16-8-5-6-9-18(16)26-3/h5-6,8-12H,4,7H2,1-3H3,(H,22,23). The lowest BCUT2D eigenvalue weighted by atomic mass is 10.0. The molecule has 0 saturated heterocycles. The van der Waals surface area contributed by atoms with E-state index in [0.717, 1.165) is 12.0 Å². The maximum absolute atomic E-state index is 12.6. The number of amides is 1. The van der Waals surface area contributed by atoms with E-state index in [0.29, 0.717) is 34.6 Å². The normalized spacial score (nSPS) is 10.6. The minimum Gasteiger partial charge on any atom is -0.496 e. The molecule has 27 heavy (non-hydrogen) atoms. The van der Waals surface area contributed by atoms with Crippen LogP contribution >= 0.6 is 0 Å². The van der Waals surface area contributed by atoms with Crippen molar-refractivity contribution in [2.45, 2.75) is 19.8 Å². The summed E-state index contributed by atoms with van der Waals surface area (Å²) in [5.74, 6) is 0.618. The Morgan fingerprint density at radius 1 is 1.07 bits per heavy atom. The van der Waals surface area contributed by atoms with Crippen molar-refractivity contribution in [3.8, 4) is 11.5 Å². The Hall–Kier alpha value is -3.28. The number of anilines is 1. The molecule has 0 radical (unpaired) electrons. The molecule has 1 aromatic heterocycles. The van der Waals surface area contributed by atoms with E-state index >= 15 is 0 Å². The first-order valence-electron chi connectivity index (χ1n) is 8.67. The van der Waals surface area contributed by atoms with Crippen LogP contribution in [0.5, 0.6) is 11.5 Å². The van der Waals surface area contributed by atoms with Gasteiger partial charge in [0.05, 0.1) is 19.9 Å². The highest BCUT2D eigenvalue weighted by atomic mass is 16.5. The van der Waals surface area contributed by atoms with Crippen molar-refractivity contribution in [1.82, 2.24) is 0 Å². The summed E-state index contributed by atoms with van der Waals surface area (Å²) in [7, 11) is 3.09. The number of aryl methyl sites for hydroxylation is 1. The molecule has 0 aliphatic rings. The van der Waals surface area contributed by atoms with Gasteiger partial charge in [0, 0.05) is 10.9 Å². The Labute approximate surface area is 156 Å². The summed E-state index contributed by atoms with van der Waals surface area (Å²) < 4.78 is 16.1. The fraction of sp³-hybridized carbons (Fsp3) is 0.238. The van der Waals surface area contributed by atoms with Gasteiger partial charge >= 0.3 is 5.63 Å². The van der Waals surface area contributed by atoms with Gasteiger partial charge in [0.1, 0.15) is 22.6 Å². The summed E-state index contributed by atoms with van der Waals surface area (Å²) in [6.07, 6.45) is 1.57. The molecule has 2 aromatic carbocycles. The average molecular weight is 367 g/mol. The predicted molar refractivity (Wildman–Crippen MR) is 104 cm³/mol. The van der Waals surface area contributed by atoms with Crippen molar-refractivity contribution in [2.75, 3.05) is 19.5 Å². The van der Waals surface area contributed by atoms with Crippen LogP contribution in [0, 0.1) is 0 Å². The molecule has 0 saturated carbocycles. The van der Waals surface area contributed by atoms with E-state index in [4.69, 9.17) is 13.9 Å². The van der Waals surface area contributed by atoms with Gasteiger partial charge in [-0.15, -0.1) is 0 Å². The van der Waals surface area contributed by atoms with E-state index in [2.05, 4.69) is 5.32 Å². The Morgan fingerprint density at radius 2 is 1.81 bits per heavy atom. The smallest absolute Gasteiger partial charge is 0.349 e. The maximum atomic E-state index is 12.6. The minimum atomic E-state index is -0.694. The van der Waals surface area contributed by atoms with Gasteiger partial charge in [0.2, 0.25) is 0 Å². The van der Waals surface area contributed by atoms with Crippen molar-refractivity contribution in [3.63, 3.8) is 0 Å². The summed E-state index contributed by atoms with van der Waals surface area (Å²) in [6, 6.07) is 12.1. The largest absolute Gasteiger partial charge is 0.496 e. The van der Waals surface area contributed by atoms with Crippen molar-refractivity contribution in [3.05, 3.63) is 64.0 Å². The Morgan fingerprint density at radius 3 is 2.52 bits per heavy atom. The van der Waals surface area contributed by atoms with Gasteiger partial charge in [-0.25, -0.2) is 4.79 Å². The summed E-state index contributed by atoms with van der Waals surface area (Å²) in [5, 5.41) is 3.37. The Kier molecular flexibility index (Phi) is 5.45. The van der Waals surface area contributed by atoms with E-state index in [9.17, 15) is 9.59 Å². The Bertz CT molecular complexity index is 1040. The van der Waals surface area contributed by atoms with Crippen LogP contribution in [0.25, 0.3) is 11.0 Å². The van der Waals surface area contributed by atoms with Gasteiger partial charge in [-0.1, -0.05) is 25.5 Å². The first-order chi connectivity index (χ1) is 13.1. The molecule has 0 unspecified atom stereocenters. The third kappa shape index (κ3) is 3.65. The molecular formula is C21H21NO5. The number of benzene rings is 2. The zero-order valence-corrected chi connectivity index (χ0v) is 15.5. The molecule has 0 fully saturated rings. The summed E-state index contributed by atoms with van der Waals surface area (Å²) >= 11 is 0. The molecule has 6 heteroatoms. The first-order valence-corrected chi connectivity index (χ1v) is 8.67. The molecule has 0 bridgehead atoms. The van der Waals surface area contributed by atoms with Gasteiger partial charge in [-0.3, -0.25) is 4.79 Å². The molecule has 1 heterocycles. The minimum absolute atomic E-state index is 0.0685. The number of carbonyl (C=O) groups excluding carboxylic acids is 1. The number of hydrogen-bond donors (Lipinski definition) is 1. The Balaban J connectivity index is 2.04. The number of carbonyl (C=O) groups is 1. The average Bonchev–Trinajstić information content (AvgIpc) is 2.68. The molecule has 0 aliphatic carbocycles. The zero-order chi connectivity index (χ0) is 19.4. The molecule has 1 N–H and O–H groups in total. The van der Waals surface area contributed by atoms with Crippen LogP contribution in [-0.2, 0) is 6.42 Å². The van der Waals surface area contributed by atoms with Gasteiger partial charge in [0.15, 0.2) is 0 Å². The van der Waals surface area contributed by atoms with Crippen molar-refractivity contribution in [2.24, 2.45) is 0 Å². The highest BCUT2D eigenvalue weighted by Crippen LogP contribution is 2.29. The third-order valence-electron chi connectivity index (χ3n) is 4.28. The van der Waals surface area contributed by atoms with Gasteiger partial charge < -0.3 is 19.2 Å². The molecule has 6 nitrogen and oxygen atoms in total. The van der Waals surface area contributed by atoms with Crippen LogP contribution in [0.4, 0.5) is 5.69 Å². The van der Waals surface area contributed by atoms with E-state index in [-0.39, 0.29) is 5.56 Å².